The van der Waals surface area contributed by atoms with Crippen LogP contribution in [0.25, 0.3) is 0 Å². The Morgan fingerprint density at radius 3 is 2.40 bits per heavy atom. The summed E-state index contributed by atoms with van der Waals surface area (Å²) in [5, 5.41) is 10.3. The van der Waals surface area contributed by atoms with Gasteiger partial charge in [0.05, 0.1) is 12.5 Å². The van der Waals surface area contributed by atoms with E-state index in [1.54, 1.807) is 7.11 Å². The first-order valence-electron chi connectivity index (χ1n) is 6.96. The molecular formula is C16H21ClO3. The van der Waals surface area contributed by atoms with E-state index in [9.17, 15) is 9.90 Å². The molecule has 0 heterocycles. The highest BCUT2D eigenvalue weighted by atomic mass is 35.5. The Labute approximate surface area is 124 Å². The highest BCUT2D eigenvalue weighted by Gasteiger charge is 2.49. The predicted octanol–water partition coefficient (Wildman–Crippen LogP) is 4.29. The Morgan fingerprint density at radius 2 is 2.05 bits per heavy atom. The lowest BCUT2D eigenvalue weighted by Gasteiger charge is -2.40. The molecule has 0 saturated heterocycles. The van der Waals surface area contributed by atoms with Gasteiger partial charge in [0.15, 0.2) is 0 Å². The van der Waals surface area contributed by atoms with E-state index in [1.165, 1.54) is 0 Å². The Bertz CT molecular complexity index is 545. The van der Waals surface area contributed by atoms with Crippen LogP contribution in [0.4, 0.5) is 0 Å². The number of hydrogen-bond donors (Lipinski definition) is 1. The van der Waals surface area contributed by atoms with Crippen molar-refractivity contribution in [3.8, 4) is 5.75 Å². The number of benzene rings is 1. The van der Waals surface area contributed by atoms with Gasteiger partial charge >= 0.3 is 5.97 Å². The number of carboxylic acids is 1. The van der Waals surface area contributed by atoms with Crippen LogP contribution in [-0.4, -0.2) is 18.2 Å². The van der Waals surface area contributed by atoms with Crippen LogP contribution in [0, 0.1) is 6.92 Å². The van der Waals surface area contributed by atoms with Crippen LogP contribution in [-0.2, 0) is 10.2 Å². The second kappa shape index (κ2) is 5.28. The largest absolute Gasteiger partial charge is 0.496 e. The first-order valence-corrected chi connectivity index (χ1v) is 7.33. The molecule has 1 saturated carbocycles. The van der Waals surface area contributed by atoms with E-state index < -0.39 is 11.4 Å². The minimum absolute atomic E-state index is 0.229. The number of ether oxygens (including phenoxy) is 1. The van der Waals surface area contributed by atoms with Gasteiger partial charge in [-0.25, -0.2) is 0 Å². The first kappa shape index (κ1) is 15.2. The molecule has 3 nitrogen and oxygen atoms in total. The van der Waals surface area contributed by atoms with Crippen molar-refractivity contribution in [2.45, 2.75) is 51.4 Å². The zero-order chi connectivity index (χ0) is 15.1. The van der Waals surface area contributed by atoms with Crippen molar-refractivity contribution >= 4 is 17.6 Å². The number of halogens is 1. The lowest BCUT2D eigenvalue weighted by molar-refractivity contribution is -0.147. The molecule has 110 valence electrons. The third-order valence-electron chi connectivity index (χ3n) is 4.43. The van der Waals surface area contributed by atoms with E-state index >= 15 is 0 Å². The summed E-state index contributed by atoms with van der Waals surface area (Å²) in [6, 6.07) is 1.90. The highest BCUT2D eigenvalue weighted by Crippen LogP contribution is 2.51. The van der Waals surface area contributed by atoms with Crippen LogP contribution in [0.15, 0.2) is 6.07 Å². The standard InChI is InChI=1S/C16H21ClO3/c1-9(2)11-8-12(17)10(3)13(14(11)20-4)16(15(18)19)6-5-7-16/h8-9H,5-7H2,1-4H3,(H,18,19). The average Bonchev–Trinajstić information content (AvgIpc) is 2.32. The van der Waals surface area contributed by atoms with Crippen molar-refractivity contribution in [2.24, 2.45) is 0 Å². The second-order valence-electron chi connectivity index (χ2n) is 5.88. The first-order chi connectivity index (χ1) is 9.35. The summed E-state index contributed by atoms with van der Waals surface area (Å²) in [6.07, 6.45) is 2.23. The van der Waals surface area contributed by atoms with Gasteiger partial charge < -0.3 is 9.84 Å². The van der Waals surface area contributed by atoms with Gasteiger partial charge in [0.1, 0.15) is 5.75 Å². The average molecular weight is 297 g/mol. The van der Waals surface area contributed by atoms with E-state index in [0.29, 0.717) is 23.6 Å². The molecule has 1 aromatic carbocycles. The van der Waals surface area contributed by atoms with Gasteiger partial charge in [0.25, 0.3) is 0 Å². The maximum absolute atomic E-state index is 11.8. The predicted molar refractivity (Wildman–Crippen MR) is 80.0 cm³/mol. The monoisotopic (exact) mass is 296 g/mol. The van der Waals surface area contributed by atoms with Gasteiger partial charge in [-0.3, -0.25) is 4.79 Å². The normalized spacial score (nSPS) is 16.9. The van der Waals surface area contributed by atoms with Crippen LogP contribution in [0.5, 0.6) is 5.75 Å². The molecule has 0 spiro atoms. The van der Waals surface area contributed by atoms with Crippen LogP contribution in [0.2, 0.25) is 5.02 Å². The number of rotatable bonds is 4. The summed E-state index contributed by atoms with van der Waals surface area (Å²) in [5.41, 5.74) is 1.75. The summed E-state index contributed by atoms with van der Waals surface area (Å²) < 4.78 is 5.58. The number of carbonyl (C=O) groups is 1. The summed E-state index contributed by atoms with van der Waals surface area (Å²) in [7, 11) is 1.60. The third kappa shape index (κ3) is 2.08. The second-order valence-corrected chi connectivity index (χ2v) is 6.28. The fourth-order valence-electron chi connectivity index (χ4n) is 3.07. The highest BCUT2D eigenvalue weighted by molar-refractivity contribution is 6.31. The zero-order valence-corrected chi connectivity index (χ0v) is 13.2. The van der Waals surface area contributed by atoms with Crippen molar-refractivity contribution in [1.82, 2.24) is 0 Å². The minimum Gasteiger partial charge on any atom is -0.496 e. The van der Waals surface area contributed by atoms with Crippen LogP contribution < -0.4 is 4.74 Å². The maximum Gasteiger partial charge on any atom is 0.314 e. The molecule has 1 N–H and O–H groups in total. The van der Waals surface area contributed by atoms with Crippen molar-refractivity contribution in [3.05, 3.63) is 27.8 Å². The van der Waals surface area contributed by atoms with Gasteiger partial charge in [0.2, 0.25) is 0 Å². The smallest absolute Gasteiger partial charge is 0.314 e. The van der Waals surface area contributed by atoms with E-state index in [4.69, 9.17) is 16.3 Å². The van der Waals surface area contributed by atoms with Crippen molar-refractivity contribution in [2.75, 3.05) is 7.11 Å². The quantitative estimate of drug-likeness (QED) is 0.901. The summed E-state index contributed by atoms with van der Waals surface area (Å²) in [4.78, 5) is 11.8. The fraction of sp³-hybridized carbons (Fsp3) is 0.562. The molecule has 0 radical (unpaired) electrons. The Balaban J connectivity index is 2.76. The van der Waals surface area contributed by atoms with Crippen LogP contribution in [0.3, 0.4) is 0 Å². The molecule has 1 aliphatic carbocycles. The minimum atomic E-state index is -0.829. The molecule has 1 fully saturated rings. The number of carboxylic acid groups (broad SMARTS) is 1. The van der Waals surface area contributed by atoms with E-state index in [2.05, 4.69) is 13.8 Å². The molecule has 0 bridgehead atoms. The Kier molecular flexibility index (Phi) is 4.01. The molecule has 20 heavy (non-hydrogen) atoms. The van der Waals surface area contributed by atoms with E-state index in [0.717, 1.165) is 23.1 Å². The van der Waals surface area contributed by atoms with E-state index in [-0.39, 0.29) is 5.92 Å². The van der Waals surface area contributed by atoms with Gasteiger partial charge in [-0.05, 0) is 42.9 Å². The van der Waals surface area contributed by atoms with Crippen molar-refractivity contribution in [1.29, 1.82) is 0 Å². The lowest BCUT2D eigenvalue weighted by atomic mass is 9.62. The molecular weight excluding hydrogens is 276 g/mol. The molecule has 1 aliphatic rings. The molecule has 2 rings (SSSR count). The molecule has 1 aromatic rings. The molecule has 0 amide bonds. The van der Waals surface area contributed by atoms with Crippen LogP contribution >= 0.6 is 11.6 Å². The zero-order valence-electron chi connectivity index (χ0n) is 12.4. The van der Waals surface area contributed by atoms with Gasteiger partial charge in [-0.1, -0.05) is 31.9 Å². The number of methoxy groups -OCH3 is 1. The molecule has 0 unspecified atom stereocenters. The summed E-state index contributed by atoms with van der Waals surface area (Å²) in [6.45, 7) is 6.00. The van der Waals surface area contributed by atoms with E-state index in [1.807, 2.05) is 13.0 Å². The van der Waals surface area contributed by atoms with Gasteiger partial charge in [0, 0.05) is 10.6 Å². The fourth-order valence-corrected chi connectivity index (χ4v) is 3.28. The van der Waals surface area contributed by atoms with Gasteiger partial charge in [-0.2, -0.15) is 0 Å². The summed E-state index contributed by atoms with van der Waals surface area (Å²) in [5.74, 6) is 0.152. The number of aliphatic carboxylic acids is 1. The topological polar surface area (TPSA) is 46.5 Å². The number of hydrogen-bond acceptors (Lipinski definition) is 2. The van der Waals surface area contributed by atoms with Crippen molar-refractivity contribution in [3.63, 3.8) is 0 Å². The third-order valence-corrected chi connectivity index (χ3v) is 4.82. The Hall–Kier alpha value is -1.22. The lowest BCUT2D eigenvalue weighted by Crippen LogP contribution is -2.43. The Morgan fingerprint density at radius 1 is 1.45 bits per heavy atom. The SMILES string of the molecule is COc1c(C(C)C)cc(Cl)c(C)c1C1(C(=O)O)CCC1. The molecule has 0 aromatic heterocycles. The van der Waals surface area contributed by atoms with Gasteiger partial charge in [-0.15, -0.1) is 0 Å². The molecule has 4 heteroatoms. The molecule has 0 atom stereocenters. The maximum atomic E-state index is 11.8. The molecule has 0 aliphatic heterocycles. The van der Waals surface area contributed by atoms with Crippen molar-refractivity contribution < 1.29 is 14.6 Å². The summed E-state index contributed by atoms with van der Waals surface area (Å²) >= 11 is 6.34. The van der Waals surface area contributed by atoms with Crippen LogP contribution in [0.1, 0.15) is 55.7 Å².